The second kappa shape index (κ2) is 7.62. The summed E-state index contributed by atoms with van der Waals surface area (Å²) >= 11 is 0. The normalized spacial score (nSPS) is 19.9. The highest BCUT2D eigenvalue weighted by Crippen LogP contribution is 2.29. The number of rotatable bonds is 4. The average molecular weight is 349 g/mol. The highest BCUT2D eigenvalue weighted by atomic mass is 19.1. The highest BCUT2D eigenvalue weighted by molar-refractivity contribution is 5.59. The zero-order valence-electron chi connectivity index (χ0n) is 14.3. The number of halogens is 1. The van der Waals surface area contributed by atoms with E-state index in [4.69, 9.17) is 4.74 Å². The molecule has 26 heavy (non-hydrogen) atoms. The molecule has 0 spiro atoms. The van der Waals surface area contributed by atoms with Crippen LogP contribution in [0.15, 0.2) is 66.7 Å². The summed E-state index contributed by atoms with van der Waals surface area (Å²) in [5, 5.41) is 12.0. The molecule has 2 heterocycles. The van der Waals surface area contributed by atoms with Crippen molar-refractivity contribution in [1.29, 1.82) is 0 Å². The van der Waals surface area contributed by atoms with E-state index < -0.39 is 0 Å². The van der Waals surface area contributed by atoms with Crippen molar-refractivity contribution >= 4 is 5.82 Å². The first-order valence-electron chi connectivity index (χ1n) is 8.81. The lowest BCUT2D eigenvalue weighted by molar-refractivity contribution is 0.00973. The van der Waals surface area contributed by atoms with E-state index in [-0.39, 0.29) is 11.9 Å². The van der Waals surface area contributed by atoms with Crippen LogP contribution in [-0.4, -0.2) is 22.8 Å². The third-order valence-corrected chi connectivity index (χ3v) is 4.61. The summed E-state index contributed by atoms with van der Waals surface area (Å²) in [5.41, 5.74) is 2.78. The van der Waals surface area contributed by atoms with E-state index in [0.29, 0.717) is 6.04 Å². The molecule has 1 aromatic heterocycles. The van der Waals surface area contributed by atoms with E-state index in [1.165, 1.54) is 17.7 Å². The summed E-state index contributed by atoms with van der Waals surface area (Å²) < 4.78 is 18.9. The number of nitrogens with one attached hydrogen (secondary N) is 1. The molecule has 1 aliphatic heterocycles. The lowest BCUT2D eigenvalue weighted by Crippen LogP contribution is -2.30. The first kappa shape index (κ1) is 16.7. The Bertz CT molecular complexity index is 837. The Morgan fingerprint density at radius 3 is 2.46 bits per heavy atom. The van der Waals surface area contributed by atoms with Gasteiger partial charge in [-0.15, -0.1) is 10.2 Å². The number of hydrogen-bond acceptors (Lipinski definition) is 4. The average Bonchev–Trinajstić information content (AvgIpc) is 2.70. The maximum absolute atomic E-state index is 13.0. The van der Waals surface area contributed by atoms with Crippen molar-refractivity contribution in [2.75, 3.05) is 11.9 Å². The van der Waals surface area contributed by atoms with Crippen LogP contribution in [0.3, 0.4) is 0 Å². The quantitative estimate of drug-likeness (QED) is 0.747. The Hall–Kier alpha value is -2.79. The largest absolute Gasteiger partial charge is 0.373 e. The number of nitrogens with zero attached hydrogens (tertiary/aromatic N) is 2. The third kappa shape index (κ3) is 3.89. The van der Waals surface area contributed by atoms with Crippen LogP contribution < -0.4 is 5.32 Å². The number of aromatic nitrogens is 2. The maximum Gasteiger partial charge on any atom is 0.148 e. The van der Waals surface area contributed by atoms with Gasteiger partial charge in [-0.1, -0.05) is 30.3 Å². The van der Waals surface area contributed by atoms with Crippen LogP contribution in [-0.2, 0) is 4.74 Å². The number of ether oxygens (including phenoxy) is 1. The summed E-state index contributed by atoms with van der Waals surface area (Å²) in [4.78, 5) is 0. The van der Waals surface area contributed by atoms with E-state index >= 15 is 0 Å². The van der Waals surface area contributed by atoms with Gasteiger partial charge in [-0.05, 0) is 54.8 Å². The third-order valence-electron chi connectivity index (χ3n) is 4.61. The molecule has 132 valence electrons. The summed E-state index contributed by atoms with van der Waals surface area (Å²) in [6.45, 7) is 0.721. The van der Waals surface area contributed by atoms with Crippen molar-refractivity contribution in [3.63, 3.8) is 0 Å². The van der Waals surface area contributed by atoms with Crippen LogP contribution in [0.25, 0.3) is 11.3 Å². The van der Waals surface area contributed by atoms with Crippen LogP contribution in [0.4, 0.5) is 10.2 Å². The Morgan fingerprint density at radius 2 is 1.73 bits per heavy atom. The zero-order valence-corrected chi connectivity index (χ0v) is 14.3. The maximum atomic E-state index is 13.0. The molecule has 1 aliphatic rings. The fourth-order valence-corrected chi connectivity index (χ4v) is 3.22. The topological polar surface area (TPSA) is 47.0 Å². The Balaban J connectivity index is 1.41. The molecule has 0 saturated carbocycles. The van der Waals surface area contributed by atoms with Gasteiger partial charge in [0.15, 0.2) is 0 Å². The van der Waals surface area contributed by atoms with Gasteiger partial charge in [-0.25, -0.2) is 4.39 Å². The van der Waals surface area contributed by atoms with Crippen molar-refractivity contribution < 1.29 is 9.13 Å². The molecule has 4 rings (SSSR count). The molecule has 0 radical (unpaired) electrons. The van der Waals surface area contributed by atoms with Gasteiger partial charge in [0.25, 0.3) is 0 Å². The van der Waals surface area contributed by atoms with Crippen molar-refractivity contribution in [2.24, 2.45) is 0 Å². The Morgan fingerprint density at radius 1 is 0.923 bits per heavy atom. The van der Waals surface area contributed by atoms with Gasteiger partial charge in [-0.3, -0.25) is 0 Å². The van der Waals surface area contributed by atoms with Gasteiger partial charge in [0.1, 0.15) is 11.6 Å². The molecular weight excluding hydrogens is 329 g/mol. The SMILES string of the molecule is Fc1ccc(-c2ccc(NC3CCOC(c4ccccc4)C3)nn2)cc1. The van der Waals surface area contributed by atoms with Gasteiger partial charge < -0.3 is 10.1 Å². The fourth-order valence-electron chi connectivity index (χ4n) is 3.22. The molecule has 2 aromatic carbocycles. The van der Waals surface area contributed by atoms with Crippen molar-refractivity contribution in [2.45, 2.75) is 25.0 Å². The monoisotopic (exact) mass is 349 g/mol. The molecule has 4 nitrogen and oxygen atoms in total. The molecule has 0 aliphatic carbocycles. The minimum Gasteiger partial charge on any atom is -0.373 e. The summed E-state index contributed by atoms with van der Waals surface area (Å²) in [6.07, 6.45) is 1.93. The first-order valence-corrected chi connectivity index (χ1v) is 8.81. The van der Waals surface area contributed by atoms with Crippen molar-refractivity contribution in [3.8, 4) is 11.3 Å². The summed E-state index contributed by atoms with van der Waals surface area (Å²) in [5.74, 6) is 0.488. The van der Waals surface area contributed by atoms with Gasteiger partial charge in [0, 0.05) is 18.2 Å². The predicted octanol–water partition coefficient (Wildman–Crippen LogP) is 4.61. The second-order valence-corrected chi connectivity index (χ2v) is 6.45. The zero-order chi connectivity index (χ0) is 17.8. The number of anilines is 1. The van der Waals surface area contributed by atoms with Gasteiger partial charge in [-0.2, -0.15) is 0 Å². The predicted molar refractivity (Wildman–Crippen MR) is 99.2 cm³/mol. The number of hydrogen-bond donors (Lipinski definition) is 1. The minimum absolute atomic E-state index is 0.105. The van der Waals surface area contributed by atoms with Crippen LogP contribution in [0, 0.1) is 5.82 Å². The van der Waals surface area contributed by atoms with E-state index in [1.807, 2.05) is 30.3 Å². The number of benzene rings is 2. The summed E-state index contributed by atoms with van der Waals surface area (Å²) in [7, 11) is 0. The highest BCUT2D eigenvalue weighted by Gasteiger charge is 2.24. The Labute approximate surface area is 152 Å². The molecule has 3 aromatic rings. The molecule has 5 heteroatoms. The van der Waals surface area contributed by atoms with E-state index in [9.17, 15) is 4.39 Å². The molecule has 0 amide bonds. The van der Waals surface area contributed by atoms with Crippen LogP contribution in [0.1, 0.15) is 24.5 Å². The molecule has 2 atom stereocenters. The minimum atomic E-state index is -0.257. The molecule has 1 N–H and O–H groups in total. The van der Waals surface area contributed by atoms with E-state index in [1.54, 1.807) is 12.1 Å². The lowest BCUT2D eigenvalue weighted by Gasteiger charge is -2.30. The fraction of sp³-hybridized carbons (Fsp3) is 0.238. The summed E-state index contributed by atoms with van der Waals surface area (Å²) in [6, 6.07) is 20.7. The second-order valence-electron chi connectivity index (χ2n) is 6.45. The van der Waals surface area contributed by atoms with Crippen LogP contribution in [0.2, 0.25) is 0 Å². The van der Waals surface area contributed by atoms with Gasteiger partial charge >= 0.3 is 0 Å². The van der Waals surface area contributed by atoms with Crippen molar-refractivity contribution in [3.05, 3.63) is 78.1 Å². The van der Waals surface area contributed by atoms with Gasteiger partial charge in [0.2, 0.25) is 0 Å². The van der Waals surface area contributed by atoms with Crippen LogP contribution in [0.5, 0.6) is 0 Å². The molecule has 0 bridgehead atoms. The van der Waals surface area contributed by atoms with Crippen molar-refractivity contribution in [1.82, 2.24) is 10.2 Å². The Kier molecular flexibility index (Phi) is 4.88. The van der Waals surface area contributed by atoms with Gasteiger partial charge in [0.05, 0.1) is 11.8 Å². The first-order chi connectivity index (χ1) is 12.8. The van der Waals surface area contributed by atoms with Crippen LogP contribution >= 0.6 is 0 Å². The van der Waals surface area contributed by atoms with E-state index in [2.05, 4.69) is 27.6 Å². The molecule has 1 fully saturated rings. The smallest absolute Gasteiger partial charge is 0.148 e. The molecule has 2 unspecified atom stereocenters. The molecule has 1 saturated heterocycles. The van der Waals surface area contributed by atoms with E-state index in [0.717, 1.165) is 36.5 Å². The standard InChI is InChI=1S/C21H20FN3O/c22-17-8-6-15(7-9-17)19-10-11-21(25-24-19)23-18-12-13-26-20(14-18)16-4-2-1-3-5-16/h1-11,18,20H,12-14H2,(H,23,25). The molecular formula is C21H20FN3O. The lowest BCUT2D eigenvalue weighted by atomic mass is 9.97.